The maximum Gasteiger partial charge on any atom is 0.138 e. The van der Waals surface area contributed by atoms with Gasteiger partial charge in [0.1, 0.15) is 12.2 Å². The number of hydrogen-bond acceptors (Lipinski definition) is 4. The second-order valence-corrected chi connectivity index (χ2v) is 4.68. The molecule has 1 aromatic heterocycles. The minimum Gasteiger partial charge on any atom is -0.395 e. The quantitative estimate of drug-likeness (QED) is 0.802. The summed E-state index contributed by atoms with van der Waals surface area (Å²) in [6, 6.07) is 9.86. The standard InChI is InChI=1S/C14H20N4O/c1-2-18-13(16-11-17-18)8-14(9-15,10-19)12-6-4-3-5-7-12/h3-7,11,19H,2,8-10,15H2,1H3. The number of aliphatic hydroxyl groups is 1. The second kappa shape index (κ2) is 5.95. The van der Waals surface area contributed by atoms with Gasteiger partial charge in [-0.05, 0) is 12.5 Å². The van der Waals surface area contributed by atoms with E-state index < -0.39 is 5.41 Å². The highest BCUT2D eigenvalue weighted by molar-refractivity contribution is 5.27. The van der Waals surface area contributed by atoms with E-state index in [1.165, 1.54) is 0 Å². The zero-order chi connectivity index (χ0) is 13.7. The van der Waals surface area contributed by atoms with Crippen LogP contribution in [0.1, 0.15) is 18.3 Å². The molecule has 2 aromatic rings. The Morgan fingerprint density at radius 1 is 1.32 bits per heavy atom. The summed E-state index contributed by atoms with van der Waals surface area (Å²) in [5.41, 5.74) is 6.48. The first-order chi connectivity index (χ1) is 9.25. The lowest BCUT2D eigenvalue weighted by Crippen LogP contribution is -2.41. The minimum atomic E-state index is -0.499. The third kappa shape index (κ3) is 2.67. The molecular formula is C14H20N4O. The molecule has 1 heterocycles. The van der Waals surface area contributed by atoms with Gasteiger partial charge in [-0.25, -0.2) is 4.98 Å². The van der Waals surface area contributed by atoms with E-state index in [1.807, 2.05) is 41.9 Å². The van der Waals surface area contributed by atoms with Crippen LogP contribution in [0.25, 0.3) is 0 Å². The van der Waals surface area contributed by atoms with Crippen LogP contribution in [0.2, 0.25) is 0 Å². The zero-order valence-corrected chi connectivity index (χ0v) is 11.2. The van der Waals surface area contributed by atoms with E-state index in [0.717, 1.165) is 17.9 Å². The number of aromatic nitrogens is 3. The van der Waals surface area contributed by atoms with Crippen LogP contribution in [0, 0.1) is 0 Å². The third-order valence-electron chi connectivity index (χ3n) is 3.57. The molecule has 19 heavy (non-hydrogen) atoms. The molecular weight excluding hydrogens is 240 g/mol. The summed E-state index contributed by atoms with van der Waals surface area (Å²) in [5, 5.41) is 14.0. The molecule has 5 heteroatoms. The molecule has 1 unspecified atom stereocenters. The molecule has 5 nitrogen and oxygen atoms in total. The largest absolute Gasteiger partial charge is 0.395 e. The van der Waals surface area contributed by atoms with Crippen LogP contribution in [0.5, 0.6) is 0 Å². The van der Waals surface area contributed by atoms with E-state index in [-0.39, 0.29) is 6.61 Å². The van der Waals surface area contributed by atoms with Gasteiger partial charge >= 0.3 is 0 Å². The van der Waals surface area contributed by atoms with Gasteiger partial charge in [0.05, 0.1) is 6.61 Å². The van der Waals surface area contributed by atoms with Crippen molar-refractivity contribution in [1.82, 2.24) is 14.8 Å². The lowest BCUT2D eigenvalue weighted by Gasteiger charge is -2.30. The molecule has 0 radical (unpaired) electrons. The van der Waals surface area contributed by atoms with Crippen molar-refractivity contribution in [1.29, 1.82) is 0 Å². The second-order valence-electron chi connectivity index (χ2n) is 4.68. The van der Waals surface area contributed by atoms with Crippen molar-refractivity contribution in [2.75, 3.05) is 13.2 Å². The van der Waals surface area contributed by atoms with Crippen LogP contribution in [-0.2, 0) is 18.4 Å². The van der Waals surface area contributed by atoms with E-state index in [0.29, 0.717) is 13.0 Å². The molecule has 0 aliphatic heterocycles. The van der Waals surface area contributed by atoms with E-state index in [1.54, 1.807) is 6.33 Å². The first kappa shape index (κ1) is 13.7. The topological polar surface area (TPSA) is 77.0 Å². The third-order valence-corrected chi connectivity index (χ3v) is 3.57. The fourth-order valence-corrected chi connectivity index (χ4v) is 2.29. The average Bonchev–Trinajstić information content (AvgIpc) is 2.93. The Morgan fingerprint density at radius 2 is 2.05 bits per heavy atom. The number of hydrogen-bond donors (Lipinski definition) is 2. The Labute approximate surface area is 113 Å². The molecule has 102 valence electrons. The highest BCUT2D eigenvalue weighted by Crippen LogP contribution is 2.26. The monoisotopic (exact) mass is 260 g/mol. The molecule has 0 aliphatic carbocycles. The highest BCUT2D eigenvalue weighted by atomic mass is 16.3. The van der Waals surface area contributed by atoms with Crippen LogP contribution in [0.15, 0.2) is 36.7 Å². The van der Waals surface area contributed by atoms with Gasteiger partial charge in [0.25, 0.3) is 0 Å². The average molecular weight is 260 g/mol. The van der Waals surface area contributed by atoms with E-state index in [9.17, 15) is 5.11 Å². The Kier molecular flexibility index (Phi) is 4.29. The fraction of sp³-hybridized carbons (Fsp3) is 0.429. The van der Waals surface area contributed by atoms with E-state index in [2.05, 4.69) is 10.1 Å². The minimum absolute atomic E-state index is 0.00983. The number of aliphatic hydroxyl groups excluding tert-OH is 1. The fourth-order valence-electron chi connectivity index (χ4n) is 2.29. The van der Waals surface area contributed by atoms with Gasteiger partial charge in [0, 0.05) is 24.9 Å². The lowest BCUT2D eigenvalue weighted by molar-refractivity contribution is 0.192. The first-order valence-corrected chi connectivity index (χ1v) is 6.49. The predicted octanol–water partition coefficient (Wildman–Crippen LogP) is 0.730. The molecule has 0 spiro atoms. The number of rotatable bonds is 6. The molecule has 0 aliphatic rings. The normalized spacial score (nSPS) is 14.3. The number of nitrogens with zero attached hydrogens (tertiary/aromatic N) is 3. The van der Waals surface area contributed by atoms with Gasteiger partial charge in [-0.2, -0.15) is 5.10 Å². The van der Waals surface area contributed by atoms with Gasteiger partial charge in [-0.15, -0.1) is 0 Å². The predicted molar refractivity (Wildman–Crippen MR) is 73.7 cm³/mol. The van der Waals surface area contributed by atoms with E-state index in [4.69, 9.17) is 5.73 Å². The van der Waals surface area contributed by atoms with Crippen molar-refractivity contribution < 1.29 is 5.11 Å². The maximum absolute atomic E-state index is 9.85. The van der Waals surface area contributed by atoms with Gasteiger partial charge in [0.2, 0.25) is 0 Å². The summed E-state index contributed by atoms with van der Waals surface area (Å²) in [4.78, 5) is 4.28. The molecule has 0 bridgehead atoms. The van der Waals surface area contributed by atoms with Crippen LogP contribution in [-0.4, -0.2) is 33.0 Å². The number of nitrogens with two attached hydrogens (primary N) is 1. The summed E-state index contributed by atoms with van der Waals surface area (Å²) in [7, 11) is 0. The van der Waals surface area contributed by atoms with E-state index >= 15 is 0 Å². The van der Waals surface area contributed by atoms with Gasteiger partial charge in [0.15, 0.2) is 0 Å². The van der Waals surface area contributed by atoms with Crippen molar-refractivity contribution in [3.05, 3.63) is 48.0 Å². The summed E-state index contributed by atoms with van der Waals surface area (Å²) < 4.78 is 1.84. The Morgan fingerprint density at radius 3 is 2.63 bits per heavy atom. The van der Waals surface area contributed by atoms with Crippen molar-refractivity contribution in [2.45, 2.75) is 25.3 Å². The smallest absolute Gasteiger partial charge is 0.138 e. The molecule has 0 saturated heterocycles. The van der Waals surface area contributed by atoms with Crippen molar-refractivity contribution in [2.24, 2.45) is 5.73 Å². The highest BCUT2D eigenvalue weighted by Gasteiger charge is 2.32. The van der Waals surface area contributed by atoms with Crippen LogP contribution in [0.4, 0.5) is 0 Å². The Balaban J connectivity index is 2.35. The van der Waals surface area contributed by atoms with Gasteiger partial charge in [-0.3, -0.25) is 4.68 Å². The van der Waals surface area contributed by atoms with Crippen LogP contribution < -0.4 is 5.73 Å². The van der Waals surface area contributed by atoms with Crippen molar-refractivity contribution in [3.63, 3.8) is 0 Å². The molecule has 0 fully saturated rings. The van der Waals surface area contributed by atoms with Crippen LogP contribution in [0.3, 0.4) is 0 Å². The zero-order valence-electron chi connectivity index (χ0n) is 11.2. The maximum atomic E-state index is 9.85. The summed E-state index contributed by atoms with van der Waals surface area (Å²) in [6.07, 6.45) is 2.13. The molecule has 1 aromatic carbocycles. The van der Waals surface area contributed by atoms with Gasteiger partial charge < -0.3 is 10.8 Å². The van der Waals surface area contributed by atoms with Crippen molar-refractivity contribution in [3.8, 4) is 0 Å². The summed E-state index contributed by atoms with van der Waals surface area (Å²) >= 11 is 0. The molecule has 3 N–H and O–H groups in total. The first-order valence-electron chi connectivity index (χ1n) is 6.49. The summed E-state index contributed by atoms with van der Waals surface area (Å²) in [5.74, 6) is 0.853. The van der Waals surface area contributed by atoms with Crippen LogP contribution >= 0.6 is 0 Å². The Hall–Kier alpha value is -1.72. The van der Waals surface area contributed by atoms with Gasteiger partial charge in [-0.1, -0.05) is 30.3 Å². The summed E-state index contributed by atoms with van der Waals surface area (Å²) in [6.45, 7) is 3.13. The Bertz CT molecular complexity index is 505. The molecule has 2 rings (SSSR count). The molecule has 0 saturated carbocycles. The SMILES string of the molecule is CCn1ncnc1CC(CN)(CO)c1ccccc1. The molecule has 1 atom stereocenters. The van der Waals surface area contributed by atoms with Crippen molar-refractivity contribution >= 4 is 0 Å². The molecule has 0 amide bonds. The lowest BCUT2D eigenvalue weighted by atomic mass is 9.78. The number of aryl methyl sites for hydroxylation is 1. The number of benzene rings is 1.